The van der Waals surface area contributed by atoms with Gasteiger partial charge in [0.15, 0.2) is 5.82 Å². The standard InChI is InChI=1S/C17H16BrN5/c1-11-7-8-13(9-12(11)2)20-17-22-16(10-19-23-17)21-15-6-4-3-5-14(15)18/h3-10H,1-2H3,(H2,20,21,22,23). The van der Waals surface area contributed by atoms with Crippen molar-refractivity contribution in [2.75, 3.05) is 10.6 Å². The molecule has 0 aliphatic rings. The Morgan fingerprint density at radius 3 is 2.57 bits per heavy atom. The van der Waals surface area contributed by atoms with Crippen LogP contribution in [0.3, 0.4) is 0 Å². The highest BCUT2D eigenvalue weighted by Gasteiger charge is 2.04. The molecule has 2 aromatic carbocycles. The third-order valence-corrected chi connectivity index (χ3v) is 4.15. The number of halogens is 1. The molecule has 116 valence electrons. The number of hydrogen-bond donors (Lipinski definition) is 2. The Morgan fingerprint density at radius 2 is 1.78 bits per heavy atom. The zero-order valence-electron chi connectivity index (χ0n) is 12.8. The number of nitrogens with one attached hydrogen (secondary N) is 2. The minimum Gasteiger partial charge on any atom is -0.338 e. The summed E-state index contributed by atoms with van der Waals surface area (Å²) in [6.45, 7) is 4.16. The lowest BCUT2D eigenvalue weighted by Crippen LogP contribution is -2.02. The van der Waals surface area contributed by atoms with Gasteiger partial charge in [0.2, 0.25) is 5.95 Å². The van der Waals surface area contributed by atoms with Crippen LogP contribution in [0.25, 0.3) is 0 Å². The van der Waals surface area contributed by atoms with Crippen molar-refractivity contribution in [3.8, 4) is 0 Å². The van der Waals surface area contributed by atoms with Crippen molar-refractivity contribution in [2.24, 2.45) is 0 Å². The summed E-state index contributed by atoms with van der Waals surface area (Å²) in [6, 6.07) is 14.0. The van der Waals surface area contributed by atoms with Crippen LogP contribution in [-0.2, 0) is 0 Å². The number of rotatable bonds is 4. The third-order valence-electron chi connectivity index (χ3n) is 3.46. The third kappa shape index (κ3) is 3.84. The van der Waals surface area contributed by atoms with Gasteiger partial charge in [0.1, 0.15) is 0 Å². The highest BCUT2D eigenvalue weighted by atomic mass is 79.9. The van der Waals surface area contributed by atoms with Crippen LogP contribution in [-0.4, -0.2) is 15.2 Å². The average Bonchev–Trinajstić information content (AvgIpc) is 2.54. The molecule has 0 amide bonds. The van der Waals surface area contributed by atoms with E-state index < -0.39 is 0 Å². The zero-order chi connectivity index (χ0) is 16.2. The first-order chi connectivity index (χ1) is 11.1. The predicted molar refractivity (Wildman–Crippen MR) is 96.5 cm³/mol. The maximum absolute atomic E-state index is 4.44. The van der Waals surface area contributed by atoms with E-state index in [-0.39, 0.29) is 0 Å². The molecule has 1 heterocycles. The van der Waals surface area contributed by atoms with Gasteiger partial charge in [-0.3, -0.25) is 0 Å². The number of hydrogen-bond acceptors (Lipinski definition) is 5. The molecule has 3 rings (SSSR count). The van der Waals surface area contributed by atoms with Crippen molar-refractivity contribution in [3.05, 3.63) is 64.3 Å². The number of benzene rings is 2. The van der Waals surface area contributed by atoms with E-state index in [4.69, 9.17) is 0 Å². The normalized spacial score (nSPS) is 10.4. The quantitative estimate of drug-likeness (QED) is 0.695. The van der Waals surface area contributed by atoms with Crippen molar-refractivity contribution >= 4 is 39.1 Å². The van der Waals surface area contributed by atoms with Gasteiger partial charge < -0.3 is 10.6 Å². The van der Waals surface area contributed by atoms with Crippen LogP contribution in [0.5, 0.6) is 0 Å². The van der Waals surface area contributed by atoms with Crippen LogP contribution in [0, 0.1) is 13.8 Å². The molecule has 0 saturated heterocycles. The zero-order valence-corrected chi connectivity index (χ0v) is 14.4. The lowest BCUT2D eigenvalue weighted by molar-refractivity contribution is 0.982. The van der Waals surface area contributed by atoms with Crippen molar-refractivity contribution in [2.45, 2.75) is 13.8 Å². The Hall–Kier alpha value is -2.47. The largest absolute Gasteiger partial charge is 0.338 e. The van der Waals surface area contributed by atoms with Crippen LogP contribution in [0.4, 0.5) is 23.1 Å². The fourth-order valence-corrected chi connectivity index (χ4v) is 2.45. The number of nitrogens with zero attached hydrogens (tertiary/aromatic N) is 3. The fraction of sp³-hybridized carbons (Fsp3) is 0.118. The summed E-state index contributed by atoms with van der Waals surface area (Å²) in [4.78, 5) is 4.44. The van der Waals surface area contributed by atoms with E-state index >= 15 is 0 Å². The molecule has 0 bridgehead atoms. The van der Waals surface area contributed by atoms with E-state index in [1.807, 2.05) is 30.3 Å². The van der Waals surface area contributed by atoms with Crippen molar-refractivity contribution in [1.29, 1.82) is 0 Å². The molecular formula is C17H16BrN5. The molecule has 0 atom stereocenters. The molecule has 0 unspecified atom stereocenters. The van der Waals surface area contributed by atoms with Gasteiger partial charge in [0.25, 0.3) is 0 Å². The number of aryl methyl sites for hydroxylation is 2. The monoisotopic (exact) mass is 369 g/mol. The van der Waals surface area contributed by atoms with Gasteiger partial charge in [-0.05, 0) is 65.2 Å². The fourth-order valence-electron chi connectivity index (χ4n) is 2.07. The van der Waals surface area contributed by atoms with E-state index in [2.05, 4.69) is 67.7 Å². The molecule has 0 aliphatic carbocycles. The molecular weight excluding hydrogens is 354 g/mol. The second-order valence-electron chi connectivity index (χ2n) is 5.19. The van der Waals surface area contributed by atoms with E-state index in [1.54, 1.807) is 6.20 Å². The average molecular weight is 370 g/mol. The number of para-hydroxylation sites is 1. The summed E-state index contributed by atoms with van der Waals surface area (Å²) in [6.07, 6.45) is 1.59. The highest BCUT2D eigenvalue weighted by Crippen LogP contribution is 2.24. The van der Waals surface area contributed by atoms with Gasteiger partial charge in [-0.2, -0.15) is 10.1 Å². The first-order valence-corrected chi connectivity index (χ1v) is 7.97. The Morgan fingerprint density at radius 1 is 0.957 bits per heavy atom. The minimum absolute atomic E-state index is 0.449. The molecule has 0 fully saturated rings. The van der Waals surface area contributed by atoms with Gasteiger partial charge in [-0.25, -0.2) is 0 Å². The molecule has 0 saturated carbocycles. The summed E-state index contributed by atoms with van der Waals surface area (Å²) in [5, 5.41) is 14.4. The molecule has 0 radical (unpaired) electrons. The molecule has 23 heavy (non-hydrogen) atoms. The highest BCUT2D eigenvalue weighted by molar-refractivity contribution is 9.10. The predicted octanol–water partition coefficient (Wildman–Crippen LogP) is 4.74. The van der Waals surface area contributed by atoms with Crippen LogP contribution in [0.2, 0.25) is 0 Å². The van der Waals surface area contributed by atoms with Crippen LogP contribution < -0.4 is 10.6 Å². The Kier molecular flexibility index (Phi) is 4.52. The van der Waals surface area contributed by atoms with Crippen LogP contribution >= 0.6 is 15.9 Å². The maximum atomic E-state index is 4.44. The van der Waals surface area contributed by atoms with Gasteiger partial charge in [-0.1, -0.05) is 18.2 Å². The van der Waals surface area contributed by atoms with Gasteiger partial charge in [-0.15, -0.1) is 5.10 Å². The molecule has 5 nitrogen and oxygen atoms in total. The summed E-state index contributed by atoms with van der Waals surface area (Å²) in [7, 11) is 0. The molecule has 1 aromatic heterocycles. The molecule has 0 aliphatic heterocycles. The van der Waals surface area contributed by atoms with Gasteiger partial charge in [0.05, 0.1) is 11.9 Å². The Balaban J connectivity index is 1.79. The van der Waals surface area contributed by atoms with Crippen molar-refractivity contribution in [1.82, 2.24) is 15.2 Å². The molecule has 3 aromatic rings. The summed E-state index contributed by atoms with van der Waals surface area (Å²) >= 11 is 3.50. The van der Waals surface area contributed by atoms with E-state index in [0.717, 1.165) is 15.8 Å². The molecule has 2 N–H and O–H groups in total. The summed E-state index contributed by atoms with van der Waals surface area (Å²) in [5.74, 6) is 1.07. The van der Waals surface area contributed by atoms with Crippen molar-refractivity contribution in [3.63, 3.8) is 0 Å². The van der Waals surface area contributed by atoms with Gasteiger partial charge >= 0.3 is 0 Å². The van der Waals surface area contributed by atoms with E-state index in [1.165, 1.54) is 11.1 Å². The number of aromatic nitrogens is 3. The lowest BCUT2D eigenvalue weighted by atomic mass is 10.1. The summed E-state index contributed by atoms with van der Waals surface area (Å²) < 4.78 is 0.960. The van der Waals surface area contributed by atoms with Crippen LogP contribution in [0.15, 0.2) is 53.1 Å². The topological polar surface area (TPSA) is 62.7 Å². The Bertz CT molecular complexity index is 835. The summed E-state index contributed by atoms with van der Waals surface area (Å²) in [5.41, 5.74) is 4.32. The van der Waals surface area contributed by atoms with Crippen molar-refractivity contribution < 1.29 is 0 Å². The van der Waals surface area contributed by atoms with Gasteiger partial charge in [0, 0.05) is 10.2 Å². The second kappa shape index (κ2) is 6.75. The maximum Gasteiger partial charge on any atom is 0.249 e. The van der Waals surface area contributed by atoms with E-state index in [9.17, 15) is 0 Å². The van der Waals surface area contributed by atoms with Crippen LogP contribution in [0.1, 0.15) is 11.1 Å². The van der Waals surface area contributed by atoms with E-state index in [0.29, 0.717) is 11.8 Å². The molecule has 0 spiro atoms. The number of anilines is 4. The first-order valence-electron chi connectivity index (χ1n) is 7.17. The Labute approximate surface area is 143 Å². The lowest BCUT2D eigenvalue weighted by Gasteiger charge is -2.09. The second-order valence-corrected chi connectivity index (χ2v) is 6.05. The molecule has 6 heteroatoms. The first kappa shape index (κ1) is 15.4. The smallest absolute Gasteiger partial charge is 0.249 e. The minimum atomic E-state index is 0.449. The SMILES string of the molecule is Cc1ccc(Nc2nncc(Nc3ccccc3Br)n2)cc1C.